The van der Waals surface area contributed by atoms with Crippen molar-refractivity contribution in [2.45, 2.75) is 37.7 Å². The maximum absolute atomic E-state index is 13.2. The third-order valence-corrected chi connectivity index (χ3v) is 6.32. The second-order valence-corrected chi connectivity index (χ2v) is 9.48. The van der Waals surface area contributed by atoms with Crippen LogP contribution in [-0.2, 0) is 14.8 Å². The molecule has 0 bridgehead atoms. The SMILES string of the molecule is CC(C)(C)OC(=O)N1CCCN(S(=O)(=O)c2cccc3cnccc23)CC1. The number of fused-ring (bicyclic) bond motifs is 1. The highest BCUT2D eigenvalue weighted by Gasteiger charge is 2.30. The fourth-order valence-electron chi connectivity index (χ4n) is 3.10. The summed E-state index contributed by atoms with van der Waals surface area (Å²) in [6.45, 7) is 6.82. The summed E-state index contributed by atoms with van der Waals surface area (Å²) in [5.41, 5.74) is -0.577. The summed E-state index contributed by atoms with van der Waals surface area (Å²) >= 11 is 0. The van der Waals surface area contributed by atoms with Gasteiger partial charge in [-0.1, -0.05) is 12.1 Å². The first kappa shape index (κ1) is 19.6. The van der Waals surface area contributed by atoms with E-state index in [2.05, 4.69) is 4.98 Å². The lowest BCUT2D eigenvalue weighted by molar-refractivity contribution is 0.0260. The molecule has 0 saturated carbocycles. The van der Waals surface area contributed by atoms with E-state index in [9.17, 15) is 13.2 Å². The molecule has 2 aromatic rings. The van der Waals surface area contributed by atoms with E-state index in [4.69, 9.17) is 4.74 Å². The molecule has 1 aliphatic heterocycles. The molecule has 27 heavy (non-hydrogen) atoms. The maximum atomic E-state index is 13.2. The maximum Gasteiger partial charge on any atom is 0.410 e. The number of aromatic nitrogens is 1. The third-order valence-electron chi connectivity index (χ3n) is 4.37. The number of pyridine rings is 1. The van der Waals surface area contributed by atoms with E-state index in [0.29, 0.717) is 31.4 Å². The largest absolute Gasteiger partial charge is 0.444 e. The van der Waals surface area contributed by atoms with Crippen LogP contribution in [0.15, 0.2) is 41.6 Å². The summed E-state index contributed by atoms with van der Waals surface area (Å²) < 4.78 is 33.3. The summed E-state index contributed by atoms with van der Waals surface area (Å²) in [7, 11) is -3.67. The normalized spacial score (nSPS) is 16.9. The first-order valence-electron chi connectivity index (χ1n) is 8.99. The predicted molar refractivity (Wildman–Crippen MR) is 103 cm³/mol. The number of benzene rings is 1. The highest BCUT2D eigenvalue weighted by atomic mass is 32.2. The van der Waals surface area contributed by atoms with Gasteiger partial charge in [-0.05, 0) is 39.3 Å². The van der Waals surface area contributed by atoms with E-state index >= 15 is 0 Å². The number of hydrogen-bond donors (Lipinski definition) is 0. The molecule has 0 aliphatic carbocycles. The average Bonchev–Trinajstić information content (AvgIpc) is 2.86. The van der Waals surface area contributed by atoms with E-state index in [1.54, 1.807) is 35.5 Å². The molecular formula is C19H25N3O4S. The van der Waals surface area contributed by atoms with Crippen LogP contribution in [0.4, 0.5) is 4.79 Å². The molecule has 146 valence electrons. The van der Waals surface area contributed by atoms with Crippen molar-refractivity contribution in [3.63, 3.8) is 0 Å². The number of ether oxygens (including phenoxy) is 1. The first-order chi connectivity index (χ1) is 12.7. The summed E-state index contributed by atoms with van der Waals surface area (Å²) in [5.74, 6) is 0. The van der Waals surface area contributed by atoms with Gasteiger partial charge in [-0.3, -0.25) is 4.98 Å². The van der Waals surface area contributed by atoms with Crippen LogP contribution < -0.4 is 0 Å². The van der Waals surface area contributed by atoms with Crippen LogP contribution >= 0.6 is 0 Å². The number of rotatable bonds is 2. The predicted octanol–water partition coefficient (Wildman–Crippen LogP) is 2.87. The molecule has 0 N–H and O–H groups in total. The third kappa shape index (κ3) is 4.39. The summed E-state index contributed by atoms with van der Waals surface area (Å²) in [5, 5.41) is 1.43. The molecule has 1 amide bonds. The minimum absolute atomic E-state index is 0.239. The van der Waals surface area contributed by atoms with E-state index in [-0.39, 0.29) is 11.4 Å². The van der Waals surface area contributed by atoms with Crippen LogP contribution in [-0.4, -0.2) is 60.5 Å². The molecule has 1 aliphatic rings. The quantitative estimate of drug-likeness (QED) is 0.786. The Kier molecular flexibility index (Phi) is 5.39. The molecule has 0 radical (unpaired) electrons. The van der Waals surface area contributed by atoms with E-state index in [0.717, 1.165) is 5.39 Å². The molecule has 1 fully saturated rings. The van der Waals surface area contributed by atoms with E-state index in [1.807, 2.05) is 26.8 Å². The van der Waals surface area contributed by atoms with Crippen LogP contribution in [0.1, 0.15) is 27.2 Å². The molecular weight excluding hydrogens is 366 g/mol. The van der Waals surface area contributed by atoms with Gasteiger partial charge < -0.3 is 9.64 Å². The second-order valence-electron chi connectivity index (χ2n) is 7.58. The molecule has 1 aromatic heterocycles. The lowest BCUT2D eigenvalue weighted by Gasteiger charge is -2.26. The number of sulfonamides is 1. The molecule has 0 atom stereocenters. The fourth-order valence-corrected chi connectivity index (χ4v) is 4.78. The van der Waals surface area contributed by atoms with Crippen LogP contribution in [0.25, 0.3) is 10.8 Å². The lowest BCUT2D eigenvalue weighted by atomic mass is 10.2. The zero-order valence-corrected chi connectivity index (χ0v) is 16.7. The minimum atomic E-state index is -3.67. The lowest BCUT2D eigenvalue weighted by Crippen LogP contribution is -2.40. The molecule has 0 unspecified atom stereocenters. The zero-order valence-electron chi connectivity index (χ0n) is 15.9. The number of carbonyl (C=O) groups excluding carboxylic acids is 1. The highest BCUT2D eigenvalue weighted by Crippen LogP contribution is 2.26. The molecule has 2 heterocycles. The van der Waals surface area contributed by atoms with E-state index in [1.165, 1.54) is 4.31 Å². The zero-order chi connectivity index (χ0) is 19.7. The van der Waals surface area contributed by atoms with E-state index < -0.39 is 21.7 Å². The van der Waals surface area contributed by atoms with Crippen molar-refractivity contribution in [2.75, 3.05) is 26.2 Å². The van der Waals surface area contributed by atoms with Crippen molar-refractivity contribution in [1.82, 2.24) is 14.2 Å². The van der Waals surface area contributed by atoms with Gasteiger partial charge in [0.1, 0.15) is 5.60 Å². The Hall–Kier alpha value is -2.19. The minimum Gasteiger partial charge on any atom is -0.444 e. The van der Waals surface area contributed by atoms with Crippen LogP contribution in [0, 0.1) is 0 Å². The number of amides is 1. The Bertz CT molecular complexity index is 932. The summed E-state index contributed by atoms with van der Waals surface area (Å²) in [4.78, 5) is 18.2. The highest BCUT2D eigenvalue weighted by molar-refractivity contribution is 7.89. The van der Waals surface area contributed by atoms with Gasteiger partial charge in [0.05, 0.1) is 4.90 Å². The van der Waals surface area contributed by atoms with Gasteiger partial charge >= 0.3 is 6.09 Å². The Morgan fingerprint density at radius 2 is 1.89 bits per heavy atom. The van der Waals surface area contributed by atoms with Crippen molar-refractivity contribution in [1.29, 1.82) is 0 Å². The molecule has 1 saturated heterocycles. The van der Waals surface area contributed by atoms with Crippen molar-refractivity contribution in [3.05, 3.63) is 36.7 Å². The Balaban J connectivity index is 1.81. The van der Waals surface area contributed by atoms with Crippen molar-refractivity contribution in [3.8, 4) is 0 Å². The number of carbonyl (C=O) groups is 1. The summed E-state index contributed by atoms with van der Waals surface area (Å²) in [6, 6.07) is 6.90. The standard InChI is InChI=1S/C19H25N3O4S/c1-19(2,3)26-18(23)21-10-5-11-22(13-12-21)27(24,25)17-7-4-6-15-14-20-9-8-16(15)17/h4,6-9,14H,5,10-13H2,1-3H3. The first-order valence-corrected chi connectivity index (χ1v) is 10.4. The molecule has 1 aromatic carbocycles. The molecule has 7 nitrogen and oxygen atoms in total. The van der Waals surface area contributed by atoms with Gasteiger partial charge in [0.25, 0.3) is 0 Å². The monoisotopic (exact) mass is 391 g/mol. The van der Waals surface area contributed by atoms with Crippen LogP contribution in [0.5, 0.6) is 0 Å². The van der Waals surface area contributed by atoms with Crippen LogP contribution in [0.2, 0.25) is 0 Å². The van der Waals surface area contributed by atoms with Gasteiger partial charge in [0.2, 0.25) is 10.0 Å². The Morgan fingerprint density at radius 1 is 1.11 bits per heavy atom. The van der Waals surface area contributed by atoms with Crippen molar-refractivity contribution < 1.29 is 17.9 Å². The Labute approximate surface area is 160 Å². The van der Waals surface area contributed by atoms with Crippen LogP contribution in [0.3, 0.4) is 0 Å². The number of nitrogens with zero attached hydrogens (tertiary/aromatic N) is 3. The van der Waals surface area contributed by atoms with Crippen molar-refractivity contribution >= 4 is 26.9 Å². The summed E-state index contributed by atoms with van der Waals surface area (Å²) in [6.07, 6.45) is 3.40. The fraction of sp³-hybridized carbons (Fsp3) is 0.474. The smallest absolute Gasteiger partial charge is 0.410 e. The van der Waals surface area contributed by atoms with Crippen molar-refractivity contribution in [2.24, 2.45) is 0 Å². The Morgan fingerprint density at radius 3 is 2.63 bits per heavy atom. The van der Waals surface area contributed by atoms with Gasteiger partial charge in [-0.15, -0.1) is 0 Å². The van der Waals surface area contributed by atoms with Gasteiger partial charge in [0.15, 0.2) is 0 Å². The topological polar surface area (TPSA) is 79.8 Å². The average molecular weight is 391 g/mol. The van der Waals surface area contributed by atoms with Gasteiger partial charge in [-0.2, -0.15) is 4.31 Å². The molecule has 3 rings (SSSR count). The number of hydrogen-bond acceptors (Lipinski definition) is 5. The molecule has 8 heteroatoms. The van der Waals surface area contributed by atoms with Gasteiger partial charge in [-0.25, -0.2) is 13.2 Å². The second kappa shape index (κ2) is 7.44. The molecule has 0 spiro atoms. The van der Waals surface area contributed by atoms with Gasteiger partial charge in [0, 0.05) is 49.3 Å².